The normalized spacial score (nSPS) is 15.0. The van der Waals surface area contributed by atoms with Crippen LogP contribution in [0, 0.1) is 0 Å². The van der Waals surface area contributed by atoms with Crippen LogP contribution < -0.4 is 11.1 Å². The zero-order valence-corrected chi connectivity index (χ0v) is 16.2. The molecule has 0 aromatic heterocycles. The van der Waals surface area contributed by atoms with E-state index >= 15 is 0 Å². The molecule has 1 aliphatic carbocycles. The average molecular weight is 416 g/mol. The first kappa shape index (κ1) is 19.2. The summed E-state index contributed by atoms with van der Waals surface area (Å²) >= 11 is 0. The first-order valence-electron chi connectivity index (χ1n) is 8.01. The van der Waals surface area contributed by atoms with E-state index in [9.17, 15) is 0 Å². The van der Waals surface area contributed by atoms with Gasteiger partial charge in [0.05, 0.1) is 6.54 Å². The van der Waals surface area contributed by atoms with E-state index in [1.807, 2.05) is 12.1 Å². The van der Waals surface area contributed by atoms with Crippen molar-refractivity contribution in [3.63, 3.8) is 0 Å². The number of aliphatic imine (C=N–C) groups is 1. The maximum atomic E-state index is 5.97. The standard InChI is InChI=1S/C17H28N4.HI/c1-4-14-6-5-7-15(12-14)20-17(18)19-10-11-21(13(2)3)16-8-9-16;/h5-7,12-13,16H,4,8-11H2,1-3H3,(H3,18,19,20);1H. The number of guanidine groups is 1. The second kappa shape index (κ2) is 9.35. The predicted octanol–water partition coefficient (Wildman–Crippen LogP) is 3.47. The highest BCUT2D eigenvalue weighted by Gasteiger charge is 2.29. The molecule has 1 saturated carbocycles. The van der Waals surface area contributed by atoms with Crippen molar-refractivity contribution >= 4 is 35.6 Å². The molecule has 22 heavy (non-hydrogen) atoms. The van der Waals surface area contributed by atoms with Crippen molar-refractivity contribution in [3.8, 4) is 0 Å². The van der Waals surface area contributed by atoms with Crippen LogP contribution in [0.4, 0.5) is 5.69 Å². The Labute approximate surface area is 151 Å². The topological polar surface area (TPSA) is 53.6 Å². The van der Waals surface area contributed by atoms with Gasteiger partial charge in [0.15, 0.2) is 5.96 Å². The van der Waals surface area contributed by atoms with Gasteiger partial charge < -0.3 is 11.1 Å². The number of nitrogens with zero attached hydrogens (tertiary/aromatic N) is 2. The summed E-state index contributed by atoms with van der Waals surface area (Å²) in [6.07, 6.45) is 3.69. The van der Waals surface area contributed by atoms with Crippen LogP contribution in [0.25, 0.3) is 0 Å². The molecule has 0 radical (unpaired) electrons. The minimum Gasteiger partial charge on any atom is -0.370 e. The van der Waals surface area contributed by atoms with E-state index in [1.165, 1.54) is 18.4 Å². The molecule has 0 spiro atoms. The third-order valence-corrected chi connectivity index (χ3v) is 3.93. The maximum absolute atomic E-state index is 5.97. The van der Waals surface area contributed by atoms with E-state index in [-0.39, 0.29) is 24.0 Å². The van der Waals surface area contributed by atoms with E-state index in [1.54, 1.807) is 0 Å². The van der Waals surface area contributed by atoms with E-state index in [0.717, 1.165) is 31.2 Å². The van der Waals surface area contributed by atoms with Gasteiger partial charge in [-0.3, -0.25) is 9.89 Å². The second-order valence-electron chi connectivity index (χ2n) is 6.01. The van der Waals surface area contributed by atoms with E-state index in [2.05, 4.69) is 48.1 Å². The summed E-state index contributed by atoms with van der Waals surface area (Å²) in [5.74, 6) is 0.503. The predicted molar refractivity (Wildman–Crippen MR) is 106 cm³/mol. The quantitative estimate of drug-likeness (QED) is 0.407. The molecule has 0 saturated heterocycles. The number of nitrogens with two attached hydrogens (primary N) is 1. The molecule has 0 bridgehead atoms. The Kier molecular flexibility index (Phi) is 8.17. The van der Waals surface area contributed by atoms with Gasteiger partial charge in [-0.15, -0.1) is 24.0 Å². The Morgan fingerprint density at radius 1 is 1.41 bits per heavy atom. The molecular weight excluding hydrogens is 387 g/mol. The van der Waals surface area contributed by atoms with Gasteiger partial charge in [0.25, 0.3) is 0 Å². The molecule has 3 N–H and O–H groups in total. The second-order valence-corrected chi connectivity index (χ2v) is 6.01. The molecule has 124 valence electrons. The average Bonchev–Trinajstić information content (AvgIpc) is 3.28. The SMILES string of the molecule is CCc1cccc(NC(N)=NCCN(C(C)C)C2CC2)c1.I. The summed E-state index contributed by atoms with van der Waals surface area (Å²) in [5.41, 5.74) is 8.28. The van der Waals surface area contributed by atoms with Gasteiger partial charge in [0.2, 0.25) is 0 Å². The van der Waals surface area contributed by atoms with E-state index in [0.29, 0.717) is 12.0 Å². The molecule has 4 nitrogen and oxygen atoms in total. The molecule has 5 heteroatoms. The number of anilines is 1. The summed E-state index contributed by atoms with van der Waals surface area (Å²) in [5, 5.41) is 3.17. The lowest BCUT2D eigenvalue weighted by Gasteiger charge is -2.25. The molecule has 1 aromatic carbocycles. The molecule has 0 heterocycles. The Morgan fingerprint density at radius 2 is 2.14 bits per heavy atom. The Bertz CT molecular complexity index is 481. The highest BCUT2D eigenvalue weighted by molar-refractivity contribution is 14.0. The first-order valence-corrected chi connectivity index (χ1v) is 8.01. The number of hydrogen-bond acceptors (Lipinski definition) is 2. The van der Waals surface area contributed by atoms with Gasteiger partial charge in [-0.05, 0) is 50.8 Å². The summed E-state index contributed by atoms with van der Waals surface area (Å²) in [7, 11) is 0. The third kappa shape index (κ3) is 6.12. The maximum Gasteiger partial charge on any atom is 0.193 e. The van der Waals surface area contributed by atoms with Crippen LogP contribution >= 0.6 is 24.0 Å². The van der Waals surface area contributed by atoms with Gasteiger partial charge in [-0.2, -0.15) is 0 Å². The van der Waals surface area contributed by atoms with Crippen molar-refractivity contribution in [3.05, 3.63) is 29.8 Å². The van der Waals surface area contributed by atoms with E-state index in [4.69, 9.17) is 5.73 Å². The third-order valence-electron chi connectivity index (χ3n) is 3.93. The highest BCUT2D eigenvalue weighted by Crippen LogP contribution is 2.28. The summed E-state index contributed by atoms with van der Waals surface area (Å²) < 4.78 is 0. The lowest BCUT2D eigenvalue weighted by molar-refractivity contribution is 0.218. The molecule has 1 aliphatic rings. The van der Waals surface area contributed by atoms with Gasteiger partial charge >= 0.3 is 0 Å². The smallest absolute Gasteiger partial charge is 0.193 e. The molecule has 1 fully saturated rings. The summed E-state index contributed by atoms with van der Waals surface area (Å²) in [6, 6.07) is 9.66. The van der Waals surface area contributed by atoms with Crippen molar-refractivity contribution in [2.24, 2.45) is 10.7 Å². The largest absolute Gasteiger partial charge is 0.370 e. The van der Waals surface area contributed by atoms with Crippen LogP contribution in [0.1, 0.15) is 39.2 Å². The van der Waals surface area contributed by atoms with Crippen LogP contribution in [0.3, 0.4) is 0 Å². The summed E-state index contributed by atoms with van der Waals surface area (Å²) in [6.45, 7) is 8.38. The van der Waals surface area contributed by atoms with Crippen LogP contribution in [-0.2, 0) is 6.42 Å². The number of aryl methyl sites for hydroxylation is 1. The van der Waals surface area contributed by atoms with Crippen molar-refractivity contribution in [1.82, 2.24) is 4.90 Å². The van der Waals surface area contributed by atoms with Crippen LogP contribution in [-0.4, -0.2) is 36.0 Å². The molecule has 0 amide bonds. The Morgan fingerprint density at radius 3 is 2.73 bits per heavy atom. The lowest BCUT2D eigenvalue weighted by atomic mass is 10.1. The molecule has 2 rings (SSSR count). The van der Waals surface area contributed by atoms with E-state index < -0.39 is 0 Å². The highest BCUT2D eigenvalue weighted by atomic mass is 127. The van der Waals surface area contributed by atoms with Gasteiger partial charge in [-0.1, -0.05) is 19.1 Å². The van der Waals surface area contributed by atoms with Gasteiger partial charge in [-0.25, -0.2) is 0 Å². The van der Waals surface area contributed by atoms with Crippen molar-refractivity contribution in [2.75, 3.05) is 18.4 Å². The fourth-order valence-electron chi connectivity index (χ4n) is 2.61. The van der Waals surface area contributed by atoms with Crippen molar-refractivity contribution in [2.45, 2.75) is 52.1 Å². The minimum atomic E-state index is 0. The Balaban J connectivity index is 0.00000242. The number of rotatable bonds is 7. The monoisotopic (exact) mass is 416 g/mol. The number of halogens is 1. The van der Waals surface area contributed by atoms with Crippen molar-refractivity contribution < 1.29 is 0 Å². The fourth-order valence-corrected chi connectivity index (χ4v) is 2.61. The lowest BCUT2D eigenvalue weighted by Crippen LogP contribution is -2.35. The zero-order valence-electron chi connectivity index (χ0n) is 13.9. The number of hydrogen-bond donors (Lipinski definition) is 2. The zero-order chi connectivity index (χ0) is 15.2. The van der Waals surface area contributed by atoms with Crippen LogP contribution in [0.2, 0.25) is 0 Å². The summed E-state index contributed by atoms with van der Waals surface area (Å²) in [4.78, 5) is 6.97. The van der Waals surface area contributed by atoms with Crippen LogP contribution in [0.15, 0.2) is 29.3 Å². The van der Waals surface area contributed by atoms with Crippen molar-refractivity contribution in [1.29, 1.82) is 0 Å². The molecular formula is C17H29IN4. The molecule has 0 atom stereocenters. The number of benzene rings is 1. The van der Waals surface area contributed by atoms with Gasteiger partial charge in [0, 0.05) is 24.3 Å². The fraction of sp³-hybridized carbons (Fsp3) is 0.588. The minimum absolute atomic E-state index is 0. The first-order chi connectivity index (χ1) is 10.1. The number of nitrogens with one attached hydrogen (secondary N) is 1. The molecule has 1 aromatic rings. The molecule has 0 aliphatic heterocycles. The molecule has 0 unspecified atom stereocenters. The Hall–Kier alpha value is -0.820. The van der Waals surface area contributed by atoms with Crippen LogP contribution in [0.5, 0.6) is 0 Å². The van der Waals surface area contributed by atoms with Gasteiger partial charge in [0.1, 0.15) is 0 Å².